The lowest BCUT2D eigenvalue weighted by Crippen LogP contribution is -2.58. The Balaban J connectivity index is 2.10. The van der Waals surface area contributed by atoms with Crippen LogP contribution in [0.25, 0.3) is 0 Å². The van der Waals surface area contributed by atoms with E-state index in [1.54, 1.807) is 0 Å². The number of nitrogens with zero attached hydrogens (tertiary/aromatic N) is 2. The molecule has 0 aromatic rings. The van der Waals surface area contributed by atoms with Crippen LogP contribution in [-0.4, -0.2) is 105 Å². The van der Waals surface area contributed by atoms with E-state index >= 15 is 0 Å². The van der Waals surface area contributed by atoms with Gasteiger partial charge in [0, 0.05) is 30.3 Å². The Kier molecular flexibility index (Phi) is 10.6. The van der Waals surface area contributed by atoms with Gasteiger partial charge < -0.3 is 31.3 Å². The van der Waals surface area contributed by atoms with Crippen LogP contribution in [0, 0.1) is 0 Å². The first-order valence-electron chi connectivity index (χ1n) is 10.7. The molecule has 33 heavy (non-hydrogen) atoms. The number of hydrogen-bond donors (Lipinski definition) is 7. The molecule has 2 aliphatic rings. The highest BCUT2D eigenvalue weighted by atomic mass is 32.1. The molecule has 5 atom stereocenters. The first-order chi connectivity index (χ1) is 15.7. The number of carboxylic acids is 1. The lowest BCUT2D eigenvalue weighted by atomic mass is 10.1. The monoisotopic (exact) mass is 521 g/mol. The van der Waals surface area contributed by atoms with Crippen LogP contribution >= 0.6 is 37.9 Å². The molecular weight excluding hydrogens is 490 g/mol. The van der Waals surface area contributed by atoms with E-state index in [0.29, 0.717) is 38.8 Å². The SMILES string of the molecule is N[C@@H](CS)C(=O)N[C@@H](CS)C(=O)N1CCC[C@H]1C(=O)N1CCC[C@H]1C(=O)N[C@@H](CS)C(=O)O. The van der Waals surface area contributed by atoms with E-state index in [4.69, 9.17) is 10.8 Å². The maximum atomic E-state index is 13.3. The summed E-state index contributed by atoms with van der Waals surface area (Å²) in [5.74, 6) is -3.06. The van der Waals surface area contributed by atoms with Crippen molar-refractivity contribution in [2.45, 2.75) is 55.9 Å². The van der Waals surface area contributed by atoms with E-state index in [1.807, 2.05) is 0 Å². The number of nitrogens with two attached hydrogens (primary N) is 1. The number of carbonyl (C=O) groups excluding carboxylic acids is 4. The summed E-state index contributed by atoms with van der Waals surface area (Å²) in [5, 5.41) is 14.1. The summed E-state index contributed by atoms with van der Waals surface area (Å²) in [4.78, 5) is 65.3. The van der Waals surface area contributed by atoms with Crippen molar-refractivity contribution in [2.75, 3.05) is 30.3 Å². The van der Waals surface area contributed by atoms with E-state index < -0.39 is 53.9 Å². The summed E-state index contributed by atoms with van der Waals surface area (Å²) < 4.78 is 0. The summed E-state index contributed by atoms with van der Waals surface area (Å²) >= 11 is 12.1. The molecule has 0 aromatic heterocycles. The highest BCUT2D eigenvalue weighted by molar-refractivity contribution is 7.80. The van der Waals surface area contributed by atoms with Gasteiger partial charge in [-0.1, -0.05) is 0 Å². The summed E-state index contributed by atoms with van der Waals surface area (Å²) in [6.07, 6.45) is 2.00. The van der Waals surface area contributed by atoms with Crippen LogP contribution in [0.5, 0.6) is 0 Å². The smallest absolute Gasteiger partial charge is 0.327 e. The molecule has 5 N–H and O–H groups in total. The zero-order valence-corrected chi connectivity index (χ0v) is 20.7. The predicted octanol–water partition coefficient (Wildman–Crippen LogP) is -1.86. The van der Waals surface area contributed by atoms with Crippen LogP contribution in [0.4, 0.5) is 0 Å². The molecular formula is C19H31N5O6S3. The van der Waals surface area contributed by atoms with Crippen molar-refractivity contribution < 1.29 is 29.1 Å². The van der Waals surface area contributed by atoms with Gasteiger partial charge in [-0.05, 0) is 25.7 Å². The number of rotatable bonds is 10. The van der Waals surface area contributed by atoms with Crippen LogP contribution in [-0.2, 0) is 24.0 Å². The van der Waals surface area contributed by atoms with Crippen LogP contribution in [0.3, 0.4) is 0 Å². The molecule has 0 radical (unpaired) electrons. The largest absolute Gasteiger partial charge is 0.480 e. The molecule has 0 unspecified atom stereocenters. The van der Waals surface area contributed by atoms with Crippen molar-refractivity contribution in [3.63, 3.8) is 0 Å². The van der Waals surface area contributed by atoms with E-state index in [-0.39, 0.29) is 23.2 Å². The van der Waals surface area contributed by atoms with Crippen molar-refractivity contribution in [3.8, 4) is 0 Å². The van der Waals surface area contributed by atoms with Gasteiger partial charge >= 0.3 is 5.97 Å². The van der Waals surface area contributed by atoms with Gasteiger partial charge in [-0.2, -0.15) is 37.9 Å². The van der Waals surface area contributed by atoms with E-state index in [9.17, 15) is 24.0 Å². The zero-order chi connectivity index (χ0) is 24.7. The number of carboxylic acid groups (broad SMARTS) is 1. The van der Waals surface area contributed by atoms with Crippen LogP contribution in [0.1, 0.15) is 25.7 Å². The normalized spacial score (nSPS) is 23.0. The summed E-state index contributed by atoms with van der Waals surface area (Å²) in [5.41, 5.74) is 5.66. The lowest BCUT2D eigenvalue weighted by Gasteiger charge is -2.33. The topological polar surface area (TPSA) is 162 Å². The standard InChI is InChI=1S/C19H31N5O6S3/c20-10(7-31)15(25)21-11(8-32)17(27)24-6-2-4-14(24)18(28)23-5-1-3-13(23)16(26)22-12(9-33)19(29)30/h10-14,31-33H,1-9,20H2,(H,21,25)(H,22,26)(H,29,30)/t10-,11-,12-,13-,14-/m0/s1. The van der Waals surface area contributed by atoms with Crippen LogP contribution < -0.4 is 16.4 Å². The highest BCUT2D eigenvalue weighted by Gasteiger charge is 2.43. The molecule has 2 fully saturated rings. The number of aliphatic carboxylic acids is 1. The Morgan fingerprint density at radius 3 is 2.00 bits per heavy atom. The molecule has 2 aliphatic heterocycles. The predicted molar refractivity (Wildman–Crippen MR) is 131 cm³/mol. The van der Waals surface area contributed by atoms with Gasteiger partial charge in [-0.3, -0.25) is 19.2 Å². The second kappa shape index (κ2) is 12.7. The molecule has 2 rings (SSSR count). The molecule has 0 aromatic carbocycles. The summed E-state index contributed by atoms with van der Waals surface area (Å²) in [6.45, 7) is 0.664. The van der Waals surface area contributed by atoms with E-state index in [0.717, 1.165) is 0 Å². The van der Waals surface area contributed by atoms with Crippen molar-refractivity contribution in [1.82, 2.24) is 20.4 Å². The Morgan fingerprint density at radius 2 is 1.45 bits per heavy atom. The van der Waals surface area contributed by atoms with Crippen molar-refractivity contribution >= 4 is 67.5 Å². The Bertz CT molecular complexity index is 772. The molecule has 0 spiro atoms. The maximum absolute atomic E-state index is 13.3. The van der Waals surface area contributed by atoms with Gasteiger partial charge in [0.25, 0.3) is 0 Å². The summed E-state index contributed by atoms with van der Waals surface area (Å²) in [7, 11) is 0. The van der Waals surface area contributed by atoms with Gasteiger partial charge in [-0.15, -0.1) is 0 Å². The molecule has 4 amide bonds. The molecule has 2 heterocycles. The molecule has 0 bridgehead atoms. The van der Waals surface area contributed by atoms with Crippen molar-refractivity contribution in [1.29, 1.82) is 0 Å². The van der Waals surface area contributed by atoms with Gasteiger partial charge in [0.05, 0.1) is 6.04 Å². The van der Waals surface area contributed by atoms with Crippen molar-refractivity contribution in [3.05, 3.63) is 0 Å². The number of thiol groups is 3. The van der Waals surface area contributed by atoms with E-state index in [2.05, 4.69) is 48.5 Å². The van der Waals surface area contributed by atoms with Gasteiger partial charge in [0.1, 0.15) is 24.2 Å². The number of likely N-dealkylation sites (tertiary alicyclic amines) is 2. The first kappa shape index (κ1) is 27.6. The van der Waals surface area contributed by atoms with Crippen LogP contribution in [0.15, 0.2) is 0 Å². The fourth-order valence-electron chi connectivity index (χ4n) is 3.98. The quantitative estimate of drug-likeness (QED) is 0.166. The summed E-state index contributed by atoms with van der Waals surface area (Å²) in [6, 6.07) is -4.58. The third-order valence-corrected chi connectivity index (χ3v) is 6.91. The van der Waals surface area contributed by atoms with E-state index in [1.165, 1.54) is 9.80 Å². The van der Waals surface area contributed by atoms with Crippen molar-refractivity contribution in [2.24, 2.45) is 5.73 Å². The third kappa shape index (κ3) is 6.70. The lowest BCUT2D eigenvalue weighted by molar-refractivity contribution is -0.148. The molecule has 0 aliphatic carbocycles. The third-order valence-electron chi connectivity index (χ3n) is 5.79. The average molecular weight is 522 g/mol. The fraction of sp³-hybridized carbons (Fsp3) is 0.737. The zero-order valence-electron chi connectivity index (χ0n) is 18.1. The number of nitrogens with one attached hydrogen (secondary N) is 2. The number of hydrogen-bond acceptors (Lipinski definition) is 9. The molecule has 11 nitrogen and oxygen atoms in total. The minimum absolute atomic E-state index is 0.0241. The minimum atomic E-state index is -1.21. The second-order valence-electron chi connectivity index (χ2n) is 7.99. The average Bonchev–Trinajstić information content (AvgIpc) is 3.48. The van der Waals surface area contributed by atoms with Gasteiger partial charge in [-0.25, -0.2) is 4.79 Å². The van der Waals surface area contributed by atoms with Gasteiger partial charge in [0.2, 0.25) is 23.6 Å². The number of amides is 4. The Morgan fingerprint density at radius 1 is 0.879 bits per heavy atom. The minimum Gasteiger partial charge on any atom is -0.480 e. The molecule has 0 saturated carbocycles. The molecule has 14 heteroatoms. The first-order valence-corrected chi connectivity index (χ1v) is 12.6. The highest BCUT2D eigenvalue weighted by Crippen LogP contribution is 2.26. The van der Waals surface area contributed by atoms with Gasteiger partial charge in [0.15, 0.2) is 0 Å². The second-order valence-corrected chi connectivity index (χ2v) is 9.09. The Labute approximate surface area is 208 Å². The van der Waals surface area contributed by atoms with Crippen LogP contribution in [0.2, 0.25) is 0 Å². The number of carbonyl (C=O) groups is 5. The molecule has 2 saturated heterocycles. The maximum Gasteiger partial charge on any atom is 0.327 e. The Hall–Kier alpha value is -1.64. The molecule has 186 valence electrons. The fourth-order valence-corrected chi connectivity index (χ4v) is 4.64.